The van der Waals surface area contributed by atoms with Crippen molar-refractivity contribution < 1.29 is 37.8 Å². The SMILES string of the molecule is CCc1ccc(C(CNC(=O)N2CCC[C@@H](C(=O)O)C2)N(C)C)cc1.O=C(O)C(F)(F)F. The van der Waals surface area contributed by atoms with Crippen LogP contribution in [0.15, 0.2) is 24.3 Å². The summed E-state index contributed by atoms with van der Waals surface area (Å²) in [5.41, 5.74) is 2.45. The molecule has 1 aliphatic heterocycles. The van der Waals surface area contributed by atoms with E-state index in [2.05, 4.69) is 41.4 Å². The molecule has 1 aliphatic rings. The highest BCUT2D eigenvalue weighted by Gasteiger charge is 2.38. The van der Waals surface area contributed by atoms with Crippen molar-refractivity contribution in [3.63, 3.8) is 0 Å². The lowest BCUT2D eigenvalue weighted by atomic mass is 9.98. The van der Waals surface area contributed by atoms with E-state index in [1.165, 1.54) is 5.56 Å². The Morgan fingerprint density at radius 2 is 1.75 bits per heavy atom. The minimum absolute atomic E-state index is 0.0786. The summed E-state index contributed by atoms with van der Waals surface area (Å²) in [6.45, 7) is 3.53. The third-order valence-electron chi connectivity index (χ3n) is 5.14. The number of nitrogens with zero attached hydrogens (tertiary/aromatic N) is 2. The van der Waals surface area contributed by atoms with Crippen molar-refractivity contribution in [1.82, 2.24) is 15.1 Å². The third kappa shape index (κ3) is 8.74. The van der Waals surface area contributed by atoms with E-state index in [0.717, 1.165) is 18.4 Å². The number of hydrogen-bond donors (Lipinski definition) is 3. The number of alkyl halides is 3. The molecular weight excluding hydrogens is 431 g/mol. The Kier molecular flexibility index (Phi) is 10.4. The largest absolute Gasteiger partial charge is 0.490 e. The molecule has 0 aliphatic carbocycles. The zero-order valence-corrected chi connectivity index (χ0v) is 18.4. The molecule has 180 valence electrons. The topological polar surface area (TPSA) is 110 Å². The summed E-state index contributed by atoms with van der Waals surface area (Å²) >= 11 is 0. The molecule has 0 saturated carbocycles. The van der Waals surface area contributed by atoms with E-state index in [1.54, 1.807) is 4.90 Å². The second-order valence-electron chi connectivity index (χ2n) is 7.69. The van der Waals surface area contributed by atoms with Gasteiger partial charge in [0.05, 0.1) is 12.0 Å². The van der Waals surface area contributed by atoms with Gasteiger partial charge in [0, 0.05) is 19.6 Å². The molecular formula is C21H30F3N3O5. The van der Waals surface area contributed by atoms with Gasteiger partial charge < -0.3 is 25.3 Å². The van der Waals surface area contributed by atoms with Crippen LogP contribution in [0.25, 0.3) is 0 Å². The molecule has 8 nitrogen and oxygen atoms in total. The van der Waals surface area contributed by atoms with Crippen molar-refractivity contribution >= 4 is 18.0 Å². The van der Waals surface area contributed by atoms with Crippen molar-refractivity contribution in [2.75, 3.05) is 33.7 Å². The third-order valence-corrected chi connectivity index (χ3v) is 5.14. The molecule has 11 heteroatoms. The van der Waals surface area contributed by atoms with E-state index in [1.807, 2.05) is 14.1 Å². The fourth-order valence-electron chi connectivity index (χ4n) is 3.23. The predicted octanol–water partition coefficient (Wildman–Crippen LogP) is 2.99. The molecule has 1 heterocycles. The Balaban J connectivity index is 0.000000633. The van der Waals surface area contributed by atoms with Gasteiger partial charge in [-0.3, -0.25) is 4.79 Å². The molecule has 3 N–H and O–H groups in total. The second-order valence-corrected chi connectivity index (χ2v) is 7.69. The Morgan fingerprint density at radius 3 is 2.19 bits per heavy atom. The van der Waals surface area contributed by atoms with Gasteiger partial charge in [0.1, 0.15) is 0 Å². The number of hydrogen-bond acceptors (Lipinski definition) is 4. The fourth-order valence-corrected chi connectivity index (χ4v) is 3.23. The predicted molar refractivity (Wildman–Crippen MR) is 111 cm³/mol. The van der Waals surface area contributed by atoms with E-state index in [4.69, 9.17) is 15.0 Å². The van der Waals surface area contributed by atoms with Gasteiger partial charge in [0.15, 0.2) is 0 Å². The molecule has 0 spiro atoms. The zero-order valence-electron chi connectivity index (χ0n) is 18.4. The quantitative estimate of drug-likeness (QED) is 0.601. The second kappa shape index (κ2) is 12.3. The fraction of sp³-hybridized carbons (Fsp3) is 0.571. The van der Waals surface area contributed by atoms with Gasteiger partial charge in [-0.15, -0.1) is 0 Å². The number of piperidine rings is 1. The number of carbonyl (C=O) groups excluding carboxylic acids is 1. The smallest absolute Gasteiger partial charge is 0.481 e. The number of likely N-dealkylation sites (N-methyl/N-ethyl adjacent to an activating group) is 1. The van der Waals surface area contributed by atoms with Gasteiger partial charge in [-0.1, -0.05) is 31.2 Å². The summed E-state index contributed by atoms with van der Waals surface area (Å²) in [5, 5.41) is 19.3. The van der Waals surface area contributed by atoms with Crippen LogP contribution in [0.5, 0.6) is 0 Å². The van der Waals surface area contributed by atoms with E-state index >= 15 is 0 Å². The van der Waals surface area contributed by atoms with Crippen LogP contribution in [0.1, 0.15) is 36.9 Å². The first-order chi connectivity index (χ1) is 14.9. The number of aliphatic carboxylic acids is 2. The van der Waals surface area contributed by atoms with Gasteiger partial charge in [-0.25, -0.2) is 9.59 Å². The van der Waals surface area contributed by atoms with Crippen molar-refractivity contribution in [2.24, 2.45) is 5.92 Å². The average Bonchev–Trinajstić information content (AvgIpc) is 2.73. The summed E-state index contributed by atoms with van der Waals surface area (Å²) in [6.07, 6.45) is -2.70. The van der Waals surface area contributed by atoms with Gasteiger partial charge >= 0.3 is 24.1 Å². The molecule has 32 heavy (non-hydrogen) atoms. The standard InChI is InChI=1S/C19H29N3O3.C2HF3O2/c1-4-14-7-9-15(10-8-14)17(21(2)3)12-20-19(25)22-11-5-6-16(13-22)18(23)24;3-2(4,5)1(6)7/h7-10,16-17H,4-6,11-13H2,1-3H3,(H,20,25)(H,23,24);(H,6,7)/t16-,17?;/m1./s1. The molecule has 0 aromatic heterocycles. The summed E-state index contributed by atoms with van der Waals surface area (Å²) in [4.78, 5) is 36.2. The average molecular weight is 461 g/mol. The molecule has 2 rings (SSSR count). The summed E-state index contributed by atoms with van der Waals surface area (Å²) in [5.74, 6) is -4.03. The van der Waals surface area contributed by atoms with Crippen LogP contribution < -0.4 is 5.32 Å². The molecule has 1 fully saturated rings. The molecule has 0 radical (unpaired) electrons. The lowest BCUT2D eigenvalue weighted by molar-refractivity contribution is -0.192. The lowest BCUT2D eigenvalue weighted by Gasteiger charge is -2.32. The number of nitrogens with one attached hydrogen (secondary N) is 1. The van der Waals surface area contributed by atoms with E-state index in [0.29, 0.717) is 26.1 Å². The van der Waals surface area contributed by atoms with E-state index in [9.17, 15) is 22.8 Å². The molecule has 0 bridgehead atoms. The highest BCUT2D eigenvalue weighted by molar-refractivity contribution is 5.76. The Morgan fingerprint density at radius 1 is 1.19 bits per heavy atom. The number of urea groups is 1. The number of carboxylic acids is 2. The van der Waals surface area contributed by atoms with Crippen molar-refractivity contribution in [3.8, 4) is 0 Å². The Labute approximate surface area is 185 Å². The molecule has 1 aromatic carbocycles. The van der Waals surface area contributed by atoms with Crippen LogP contribution in [0, 0.1) is 5.92 Å². The van der Waals surface area contributed by atoms with Crippen LogP contribution in [0.3, 0.4) is 0 Å². The number of likely N-dealkylation sites (tertiary alicyclic amines) is 1. The number of halogens is 3. The molecule has 1 aromatic rings. The maximum absolute atomic E-state index is 12.4. The molecule has 1 saturated heterocycles. The van der Waals surface area contributed by atoms with Crippen LogP contribution in [-0.4, -0.2) is 77.9 Å². The number of carboxylic acid groups (broad SMARTS) is 2. The van der Waals surface area contributed by atoms with E-state index < -0.39 is 24.0 Å². The Bertz CT molecular complexity index is 769. The number of carbonyl (C=O) groups is 3. The van der Waals surface area contributed by atoms with Crippen LogP contribution >= 0.6 is 0 Å². The normalized spacial score (nSPS) is 17.2. The molecule has 2 amide bonds. The van der Waals surface area contributed by atoms with E-state index in [-0.39, 0.29) is 12.1 Å². The summed E-state index contributed by atoms with van der Waals surface area (Å²) in [7, 11) is 3.98. The van der Waals surface area contributed by atoms with Gasteiger partial charge in [0.2, 0.25) is 0 Å². The number of aryl methyl sites for hydroxylation is 1. The Hall–Kier alpha value is -2.82. The first-order valence-electron chi connectivity index (χ1n) is 10.2. The summed E-state index contributed by atoms with van der Waals surface area (Å²) < 4.78 is 31.7. The maximum atomic E-state index is 12.4. The van der Waals surface area contributed by atoms with Crippen molar-refractivity contribution in [2.45, 2.75) is 38.4 Å². The monoisotopic (exact) mass is 461 g/mol. The minimum atomic E-state index is -5.08. The molecule has 1 unspecified atom stereocenters. The maximum Gasteiger partial charge on any atom is 0.490 e. The number of amides is 2. The minimum Gasteiger partial charge on any atom is -0.481 e. The van der Waals surface area contributed by atoms with Gasteiger partial charge in [0.25, 0.3) is 0 Å². The number of rotatable bonds is 6. The van der Waals surface area contributed by atoms with Crippen LogP contribution in [-0.2, 0) is 16.0 Å². The highest BCUT2D eigenvalue weighted by atomic mass is 19.4. The van der Waals surface area contributed by atoms with Crippen LogP contribution in [0.2, 0.25) is 0 Å². The highest BCUT2D eigenvalue weighted by Crippen LogP contribution is 2.20. The van der Waals surface area contributed by atoms with Crippen molar-refractivity contribution in [3.05, 3.63) is 35.4 Å². The van der Waals surface area contributed by atoms with Crippen molar-refractivity contribution in [1.29, 1.82) is 0 Å². The lowest BCUT2D eigenvalue weighted by Crippen LogP contribution is -2.48. The van der Waals surface area contributed by atoms with Gasteiger partial charge in [-0.2, -0.15) is 13.2 Å². The first-order valence-corrected chi connectivity index (χ1v) is 10.2. The summed E-state index contributed by atoms with van der Waals surface area (Å²) in [6, 6.07) is 8.36. The first kappa shape index (κ1) is 27.2. The number of benzene rings is 1. The van der Waals surface area contributed by atoms with Crippen LogP contribution in [0.4, 0.5) is 18.0 Å². The molecule has 2 atom stereocenters. The zero-order chi connectivity index (χ0) is 24.5. The van der Waals surface area contributed by atoms with Gasteiger partial charge in [-0.05, 0) is 44.5 Å².